The van der Waals surface area contributed by atoms with Gasteiger partial charge in [0.05, 0.1) is 5.60 Å². The Kier molecular flexibility index (Phi) is 2.36. The molecule has 1 N–H and O–H groups in total. The molecule has 4 aliphatic rings. The van der Waals surface area contributed by atoms with Crippen molar-refractivity contribution in [2.24, 2.45) is 17.3 Å². The predicted molar refractivity (Wildman–Crippen MR) is 73.2 cm³/mol. The summed E-state index contributed by atoms with van der Waals surface area (Å²) in [6.07, 6.45) is 6.97. The van der Waals surface area contributed by atoms with E-state index < -0.39 is 8.07 Å². The van der Waals surface area contributed by atoms with Crippen molar-refractivity contribution in [3.8, 4) is 11.5 Å². The topological polar surface area (TPSA) is 20.2 Å². The van der Waals surface area contributed by atoms with E-state index in [9.17, 15) is 5.11 Å². The van der Waals surface area contributed by atoms with Gasteiger partial charge in [-0.1, -0.05) is 19.6 Å². The van der Waals surface area contributed by atoms with Crippen molar-refractivity contribution in [3.05, 3.63) is 0 Å². The normalized spacial score (nSPS) is 47.8. The fraction of sp³-hybridized carbons (Fsp3) is 0.867. The van der Waals surface area contributed by atoms with Crippen LogP contribution >= 0.6 is 0 Å². The summed E-state index contributed by atoms with van der Waals surface area (Å²) in [6, 6.07) is 0. The smallest absolute Gasteiger partial charge is 0.129 e. The van der Waals surface area contributed by atoms with Gasteiger partial charge in [0.1, 0.15) is 8.07 Å². The third-order valence-corrected chi connectivity index (χ3v) is 5.61. The van der Waals surface area contributed by atoms with Gasteiger partial charge in [0, 0.05) is 5.41 Å². The van der Waals surface area contributed by atoms with Crippen LogP contribution in [0.1, 0.15) is 38.5 Å². The standard InChI is InChI=1S/C15H24OSi/c1-17(2,3)5-4-14-7-12-6-13(8-14)10-15(16,9-12)11-14/h12-13,16H,6-11H2,1-3H3/t12-,13+,14?,15?. The molecule has 4 fully saturated rings. The van der Waals surface area contributed by atoms with Crippen LogP contribution in [-0.2, 0) is 0 Å². The number of rotatable bonds is 0. The summed E-state index contributed by atoms with van der Waals surface area (Å²) >= 11 is 0. The molecule has 2 unspecified atom stereocenters. The lowest BCUT2D eigenvalue weighted by atomic mass is 9.48. The van der Waals surface area contributed by atoms with Gasteiger partial charge in [-0.3, -0.25) is 0 Å². The van der Waals surface area contributed by atoms with Crippen molar-refractivity contribution in [2.75, 3.05) is 0 Å². The van der Waals surface area contributed by atoms with Gasteiger partial charge in [0.25, 0.3) is 0 Å². The highest BCUT2D eigenvalue weighted by Gasteiger charge is 2.56. The van der Waals surface area contributed by atoms with Crippen LogP contribution in [0.5, 0.6) is 0 Å². The second-order valence-electron chi connectivity index (χ2n) is 7.97. The average molecular weight is 248 g/mol. The van der Waals surface area contributed by atoms with Crippen molar-refractivity contribution in [2.45, 2.75) is 63.8 Å². The third-order valence-electron chi connectivity index (χ3n) is 4.73. The summed E-state index contributed by atoms with van der Waals surface area (Å²) in [5.74, 6) is 5.17. The van der Waals surface area contributed by atoms with Crippen molar-refractivity contribution in [1.82, 2.24) is 0 Å². The summed E-state index contributed by atoms with van der Waals surface area (Å²) in [5.41, 5.74) is 3.42. The van der Waals surface area contributed by atoms with Crippen molar-refractivity contribution >= 4 is 8.07 Å². The Balaban J connectivity index is 1.90. The Labute approximate surface area is 106 Å². The van der Waals surface area contributed by atoms with E-state index in [4.69, 9.17) is 0 Å². The first-order valence-corrected chi connectivity index (χ1v) is 10.5. The van der Waals surface area contributed by atoms with Gasteiger partial charge >= 0.3 is 0 Å². The van der Waals surface area contributed by atoms with Crippen LogP contribution < -0.4 is 0 Å². The van der Waals surface area contributed by atoms with Crippen molar-refractivity contribution < 1.29 is 5.11 Å². The third kappa shape index (κ3) is 2.20. The SMILES string of the molecule is C[Si](C)(C)C#CC12C[C@@H]3C[C@@H](CC(O)(C3)C1)C2. The lowest BCUT2D eigenvalue weighted by Gasteiger charge is -2.58. The zero-order valence-corrected chi connectivity index (χ0v) is 12.3. The maximum Gasteiger partial charge on any atom is 0.129 e. The largest absolute Gasteiger partial charge is 0.390 e. The van der Waals surface area contributed by atoms with E-state index >= 15 is 0 Å². The Morgan fingerprint density at radius 2 is 1.65 bits per heavy atom. The molecule has 1 nitrogen and oxygen atoms in total. The zero-order valence-electron chi connectivity index (χ0n) is 11.3. The molecule has 17 heavy (non-hydrogen) atoms. The van der Waals surface area contributed by atoms with Gasteiger partial charge in [0.15, 0.2) is 0 Å². The molecule has 0 aromatic heterocycles. The Morgan fingerprint density at radius 3 is 2.12 bits per heavy atom. The van der Waals surface area contributed by atoms with E-state index in [0.717, 1.165) is 31.1 Å². The Bertz CT molecular complexity index is 381. The minimum atomic E-state index is -1.28. The summed E-state index contributed by atoms with van der Waals surface area (Å²) in [6.45, 7) is 6.94. The minimum Gasteiger partial charge on any atom is -0.390 e. The van der Waals surface area contributed by atoms with E-state index in [-0.39, 0.29) is 11.0 Å². The maximum atomic E-state index is 10.6. The van der Waals surface area contributed by atoms with Gasteiger partial charge < -0.3 is 5.11 Å². The molecule has 4 saturated carbocycles. The first-order valence-electron chi connectivity index (χ1n) is 7.04. The first kappa shape index (κ1) is 11.8. The monoisotopic (exact) mass is 248 g/mol. The molecule has 0 heterocycles. The van der Waals surface area contributed by atoms with Crippen LogP contribution in [-0.4, -0.2) is 18.8 Å². The van der Waals surface area contributed by atoms with Crippen LogP contribution in [0, 0.1) is 28.7 Å². The maximum absolute atomic E-state index is 10.6. The van der Waals surface area contributed by atoms with Crippen LogP contribution in [0.4, 0.5) is 0 Å². The van der Waals surface area contributed by atoms with Gasteiger partial charge in [-0.05, 0) is 50.4 Å². The lowest BCUT2D eigenvalue weighted by Crippen LogP contribution is -2.55. The fourth-order valence-corrected chi connectivity index (χ4v) is 5.32. The molecule has 0 aliphatic heterocycles. The highest BCUT2D eigenvalue weighted by atomic mass is 28.3. The predicted octanol–water partition coefficient (Wildman–Crippen LogP) is 3.20. The van der Waals surface area contributed by atoms with E-state index in [1.165, 1.54) is 19.3 Å². The molecule has 0 saturated heterocycles. The van der Waals surface area contributed by atoms with Crippen LogP contribution in [0.3, 0.4) is 0 Å². The molecule has 4 atom stereocenters. The number of hydrogen-bond donors (Lipinski definition) is 1. The fourth-order valence-electron chi connectivity index (χ4n) is 4.68. The molecule has 4 rings (SSSR count). The summed E-state index contributed by atoms with van der Waals surface area (Å²) in [4.78, 5) is 0. The molecule has 2 heteroatoms. The molecule has 0 amide bonds. The quantitative estimate of drug-likeness (QED) is 0.515. The minimum absolute atomic E-state index is 0.194. The molecular formula is C15H24OSi. The molecule has 0 aromatic rings. The van der Waals surface area contributed by atoms with Crippen LogP contribution in [0.25, 0.3) is 0 Å². The highest BCUT2D eigenvalue weighted by molar-refractivity contribution is 6.83. The highest BCUT2D eigenvalue weighted by Crippen LogP contribution is 2.61. The average Bonchev–Trinajstić information content (AvgIpc) is 2.09. The molecule has 94 valence electrons. The summed E-state index contributed by atoms with van der Waals surface area (Å²) in [7, 11) is -1.28. The van der Waals surface area contributed by atoms with Gasteiger partial charge in [-0.15, -0.1) is 11.5 Å². The van der Waals surface area contributed by atoms with Gasteiger partial charge in [0.2, 0.25) is 0 Å². The van der Waals surface area contributed by atoms with Crippen molar-refractivity contribution in [3.63, 3.8) is 0 Å². The summed E-state index contributed by atoms with van der Waals surface area (Å²) < 4.78 is 0. The first-order chi connectivity index (χ1) is 7.78. The van der Waals surface area contributed by atoms with E-state index in [1.54, 1.807) is 0 Å². The van der Waals surface area contributed by atoms with Gasteiger partial charge in [-0.25, -0.2) is 0 Å². The molecule has 0 radical (unpaired) electrons. The van der Waals surface area contributed by atoms with E-state index in [1.807, 2.05) is 0 Å². The number of hydrogen-bond acceptors (Lipinski definition) is 1. The molecule has 4 aliphatic carbocycles. The zero-order chi connectivity index (χ0) is 12.3. The van der Waals surface area contributed by atoms with Crippen LogP contribution in [0.2, 0.25) is 19.6 Å². The summed E-state index contributed by atoms with van der Waals surface area (Å²) in [5, 5.41) is 10.6. The van der Waals surface area contributed by atoms with Gasteiger partial charge in [-0.2, -0.15) is 0 Å². The molecule has 4 bridgehead atoms. The molecule has 0 spiro atoms. The molecular weight excluding hydrogens is 224 g/mol. The number of aliphatic hydroxyl groups is 1. The van der Waals surface area contributed by atoms with E-state index in [0.29, 0.717) is 0 Å². The Hall–Kier alpha value is -0.263. The second kappa shape index (κ2) is 3.39. The molecule has 0 aromatic carbocycles. The van der Waals surface area contributed by atoms with Crippen LogP contribution in [0.15, 0.2) is 0 Å². The van der Waals surface area contributed by atoms with Crippen molar-refractivity contribution in [1.29, 1.82) is 0 Å². The lowest BCUT2D eigenvalue weighted by molar-refractivity contribution is -0.144. The van der Waals surface area contributed by atoms with E-state index in [2.05, 4.69) is 31.1 Å². The second-order valence-corrected chi connectivity index (χ2v) is 12.7. The Morgan fingerprint density at radius 1 is 1.06 bits per heavy atom.